The van der Waals surface area contributed by atoms with E-state index in [0.717, 1.165) is 19.1 Å². The lowest BCUT2D eigenvalue weighted by Crippen LogP contribution is -2.28. The van der Waals surface area contributed by atoms with E-state index < -0.39 is 0 Å². The largest absolute Gasteiger partial charge is 0.427 e. The minimum absolute atomic E-state index is 0.165. The van der Waals surface area contributed by atoms with Gasteiger partial charge in [-0.15, -0.1) is 0 Å². The van der Waals surface area contributed by atoms with Gasteiger partial charge >= 0.3 is 0 Å². The topological polar surface area (TPSA) is 18.5 Å². The third kappa shape index (κ3) is 1.58. The van der Waals surface area contributed by atoms with E-state index in [0.29, 0.717) is 0 Å². The summed E-state index contributed by atoms with van der Waals surface area (Å²) in [5, 5.41) is 0. The van der Waals surface area contributed by atoms with Crippen molar-refractivity contribution >= 4 is 9.76 Å². The van der Waals surface area contributed by atoms with Crippen molar-refractivity contribution in [1.82, 2.24) is 0 Å². The molecule has 1 fully saturated rings. The second-order valence-corrected chi connectivity index (χ2v) is 3.75. The van der Waals surface area contributed by atoms with Gasteiger partial charge in [-0.05, 0) is 6.04 Å². The molecule has 0 aliphatic carbocycles. The molecule has 0 radical (unpaired) electrons. The van der Waals surface area contributed by atoms with Gasteiger partial charge in [0.1, 0.15) is 0 Å². The Morgan fingerprint density at radius 3 is 2.88 bits per heavy atom. The van der Waals surface area contributed by atoms with Crippen molar-refractivity contribution in [2.45, 2.75) is 6.04 Å². The molecule has 0 aromatic carbocycles. The molecule has 0 N–H and O–H groups in total. The maximum atomic E-state index is 5.03. The van der Waals surface area contributed by atoms with Crippen LogP contribution in [0.4, 0.5) is 0 Å². The second kappa shape index (κ2) is 3.22. The maximum Gasteiger partial charge on any atom is 0.161 e. The lowest BCUT2D eigenvalue weighted by molar-refractivity contribution is -0.0229. The van der Waals surface area contributed by atoms with E-state index in [2.05, 4.69) is 0 Å². The summed E-state index contributed by atoms with van der Waals surface area (Å²) in [6.45, 7) is 1.96. The van der Waals surface area contributed by atoms with Gasteiger partial charge in [-0.1, -0.05) is 0 Å². The van der Waals surface area contributed by atoms with Gasteiger partial charge in [0.2, 0.25) is 0 Å². The van der Waals surface area contributed by atoms with Gasteiger partial charge in [0, 0.05) is 13.0 Å². The molecule has 8 heavy (non-hydrogen) atoms. The molecule has 1 aliphatic rings. The summed E-state index contributed by atoms with van der Waals surface area (Å²) in [6.07, 6.45) is 0. The molecule has 48 valence electrons. The Bertz CT molecular complexity index is 63.4. The number of ether oxygens (including phenoxy) is 1. The molecule has 0 aromatic heterocycles. The quantitative estimate of drug-likeness (QED) is 0.494. The summed E-state index contributed by atoms with van der Waals surface area (Å²) in [5.41, 5.74) is 0. The standard InChI is InChI=1S/C5H12O2Si/c1-6-8-4-5-2-7-3-5/h5H,2-4,8H2,1H3. The molecular formula is C5H12O2Si. The summed E-state index contributed by atoms with van der Waals surface area (Å²) >= 11 is 0. The Morgan fingerprint density at radius 2 is 2.50 bits per heavy atom. The molecule has 0 bridgehead atoms. The molecule has 2 nitrogen and oxygen atoms in total. The number of hydrogen-bond acceptors (Lipinski definition) is 2. The van der Waals surface area contributed by atoms with E-state index in [1.807, 2.05) is 0 Å². The average Bonchev–Trinajstić information content (AvgIpc) is 1.63. The molecule has 3 heteroatoms. The molecule has 0 atom stereocenters. The average molecular weight is 132 g/mol. The van der Waals surface area contributed by atoms with Gasteiger partial charge in [0.15, 0.2) is 9.76 Å². The van der Waals surface area contributed by atoms with Gasteiger partial charge in [-0.25, -0.2) is 0 Å². The highest BCUT2D eigenvalue weighted by atomic mass is 28.2. The van der Waals surface area contributed by atoms with E-state index in [1.165, 1.54) is 6.04 Å². The van der Waals surface area contributed by atoms with E-state index in [-0.39, 0.29) is 9.76 Å². The van der Waals surface area contributed by atoms with Crippen molar-refractivity contribution in [3.05, 3.63) is 0 Å². The normalized spacial score (nSPS) is 22.1. The highest BCUT2D eigenvalue weighted by Gasteiger charge is 2.17. The van der Waals surface area contributed by atoms with E-state index in [4.69, 9.17) is 9.16 Å². The minimum atomic E-state index is -0.165. The Balaban J connectivity index is 1.86. The fourth-order valence-electron chi connectivity index (χ4n) is 0.736. The molecular weight excluding hydrogens is 120 g/mol. The zero-order chi connectivity index (χ0) is 5.82. The van der Waals surface area contributed by atoms with Crippen LogP contribution in [0.3, 0.4) is 0 Å². The second-order valence-electron chi connectivity index (χ2n) is 2.18. The van der Waals surface area contributed by atoms with Gasteiger partial charge in [0.25, 0.3) is 0 Å². The van der Waals surface area contributed by atoms with E-state index in [1.54, 1.807) is 7.11 Å². The van der Waals surface area contributed by atoms with Crippen LogP contribution in [0.5, 0.6) is 0 Å². The van der Waals surface area contributed by atoms with Gasteiger partial charge in [0.05, 0.1) is 13.2 Å². The zero-order valence-electron chi connectivity index (χ0n) is 5.22. The van der Waals surface area contributed by atoms with Crippen LogP contribution in [-0.4, -0.2) is 30.1 Å². The van der Waals surface area contributed by atoms with Crippen LogP contribution in [0.1, 0.15) is 0 Å². The fraction of sp³-hybridized carbons (Fsp3) is 1.00. The van der Waals surface area contributed by atoms with Gasteiger partial charge in [-0.3, -0.25) is 0 Å². The number of hydrogen-bond donors (Lipinski definition) is 0. The van der Waals surface area contributed by atoms with Gasteiger partial charge in [-0.2, -0.15) is 0 Å². The summed E-state index contributed by atoms with van der Waals surface area (Å²) in [4.78, 5) is 0. The summed E-state index contributed by atoms with van der Waals surface area (Å²) in [7, 11) is 1.63. The molecule has 0 unspecified atom stereocenters. The monoisotopic (exact) mass is 132 g/mol. The first kappa shape index (κ1) is 6.26. The Hall–Kier alpha value is 0.137. The Morgan fingerprint density at radius 1 is 1.75 bits per heavy atom. The van der Waals surface area contributed by atoms with Crippen LogP contribution in [0.25, 0.3) is 0 Å². The SMILES string of the molecule is CO[SiH2]CC1COC1. The Kier molecular flexibility index (Phi) is 2.52. The molecule has 0 aromatic rings. The van der Waals surface area contributed by atoms with Crippen molar-refractivity contribution in [2.75, 3.05) is 20.3 Å². The number of rotatable bonds is 3. The van der Waals surface area contributed by atoms with Crippen molar-refractivity contribution in [3.63, 3.8) is 0 Å². The lowest BCUT2D eigenvalue weighted by Gasteiger charge is -2.24. The fourth-order valence-corrected chi connectivity index (χ4v) is 1.64. The molecule has 1 rings (SSSR count). The van der Waals surface area contributed by atoms with E-state index >= 15 is 0 Å². The smallest absolute Gasteiger partial charge is 0.161 e. The van der Waals surface area contributed by atoms with Gasteiger partial charge < -0.3 is 9.16 Å². The van der Waals surface area contributed by atoms with Crippen LogP contribution >= 0.6 is 0 Å². The molecule has 0 saturated carbocycles. The van der Waals surface area contributed by atoms with Crippen LogP contribution in [0.15, 0.2) is 0 Å². The maximum absolute atomic E-state index is 5.03. The molecule has 1 heterocycles. The van der Waals surface area contributed by atoms with Crippen molar-refractivity contribution < 1.29 is 9.16 Å². The van der Waals surface area contributed by atoms with Crippen molar-refractivity contribution in [3.8, 4) is 0 Å². The lowest BCUT2D eigenvalue weighted by atomic mass is 10.1. The summed E-state index contributed by atoms with van der Waals surface area (Å²) in [6, 6.07) is 1.30. The van der Waals surface area contributed by atoms with Crippen LogP contribution < -0.4 is 0 Å². The van der Waals surface area contributed by atoms with E-state index in [9.17, 15) is 0 Å². The molecule has 1 saturated heterocycles. The first-order chi connectivity index (χ1) is 3.93. The Labute approximate surface area is 52.1 Å². The molecule has 0 spiro atoms. The first-order valence-electron chi connectivity index (χ1n) is 3.00. The van der Waals surface area contributed by atoms with Crippen molar-refractivity contribution in [1.29, 1.82) is 0 Å². The first-order valence-corrected chi connectivity index (χ1v) is 4.58. The predicted octanol–water partition coefficient (Wildman–Crippen LogP) is -0.219. The molecule has 0 amide bonds. The highest BCUT2D eigenvalue weighted by molar-refractivity contribution is 6.27. The third-order valence-electron chi connectivity index (χ3n) is 1.44. The zero-order valence-corrected chi connectivity index (χ0v) is 6.64. The third-order valence-corrected chi connectivity index (χ3v) is 2.90. The summed E-state index contributed by atoms with van der Waals surface area (Å²) in [5.74, 6) is 0.849. The summed E-state index contributed by atoms with van der Waals surface area (Å²) < 4.78 is 10.0. The predicted molar refractivity (Wildman–Crippen MR) is 34.7 cm³/mol. The van der Waals surface area contributed by atoms with Crippen LogP contribution in [0, 0.1) is 5.92 Å². The van der Waals surface area contributed by atoms with Crippen LogP contribution in [-0.2, 0) is 9.16 Å². The minimum Gasteiger partial charge on any atom is -0.427 e. The van der Waals surface area contributed by atoms with Crippen molar-refractivity contribution in [2.24, 2.45) is 5.92 Å². The van der Waals surface area contributed by atoms with Crippen LogP contribution in [0.2, 0.25) is 6.04 Å². The molecule has 1 aliphatic heterocycles. The highest BCUT2D eigenvalue weighted by Crippen LogP contribution is 2.13.